The van der Waals surface area contributed by atoms with Gasteiger partial charge in [0.25, 0.3) is 0 Å². The van der Waals surface area contributed by atoms with Crippen LogP contribution >= 0.6 is 11.6 Å². The number of fused-ring (bicyclic) bond motifs is 1. The van der Waals surface area contributed by atoms with Gasteiger partial charge in [-0.25, -0.2) is 4.39 Å². The van der Waals surface area contributed by atoms with Crippen molar-refractivity contribution in [3.05, 3.63) is 45.0 Å². The summed E-state index contributed by atoms with van der Waals surface area (Å²) in [6.07, 6.45) is 1.17. The Morgan fingerprint density at radius 3 is 2.87 bits per heavy atom. The van der Waals surface area contributed by atoms with Crippen molar-refractivity contribution in [1.29, 1.82) is 5.26 Å². The first-order chi connectivity index (χ1) is 7.15. The van der Waals surface area contributed by atoms with E-state index in [-0.39, 0.29) is 21.5 Å². The number of aromatic nitrogens is 1. The fourth-order valence-corrected chi connectivity index (χ4v) is 1.59. The van der Waals surface area contributed by atoms with E-state index in [0.717, 1.165) is 6.07 Å². The summed E-state index contributed by atoms with van der Waals surface area (Å²) in [5.74, 6) is -0.573. The molecule has 15 heavy (non-hydrogen) atoms. The molecule has 0 unspecified atom stereocenters. The molecule has 1 N–H and O–H groups in total. The average molecular weight is 223 g/mol. The molecule has 0 fully saturated rings. The molecule has 0 bridgehead atoms. The monoisotopic (exact) mass is 222 g/mol. The van der Waals surface area contributed by atoms with Crippen LogP contribution in [0.15, 0.2) is 23.1 Å². The molecule has 1 aromatic carbocycles. The van der Waals surface area contributed by atoms with Crippen LogP contribution in [0.3, 0.4) is 0 Å². The van der Waals surface area contributed by atoms with Crippen LogP contribution in [-0.4, -0.2) is 4.98 Å². The lowest BCUT2D eigenvalue weighted by Crippen LogP contribution is -2.08. The van der Waals surface area contributed by atoms with Crippen molar-refractivity contribution in [2.75, 3.05) is 0 Å². The van der Waals surface area contributed by atoms with Gasteiger partial charge in [0, 0.05) is 6.20 Å². The molecule has 0 saturated heterocycles. The Hall–Kier alpha value is -1.86. The van der Waals surface area contributed by atoms with Crippen LogP contribution in [0.1, 0.15) is 5.56 Å². The fraction of sp³-hybridized carbons (Fsp3) is 0. The van der Waals surface area contributed by atoms with E-state index in [1.54, 1.807) is 6.07 Å². The average Bonchev–Trinajstić information content (AvgIpc) is 2.23. The minimum absolute atomic E-state index is 0.00992. The van der Waals surface area contributed by atoms with E-state index in [4.69, 9.17) is 16.9 Å². The second kappa shape index (κ2) is 3.37. The molecular formula is C10H4ClFN2O. The Morgan fingerprint density at radius 1 is 1.47 bits per heavy atom. The molecule has 1 aromatic heterocycles. The molecule has 0 amide bonds. The SMILES string of the molecule is N#Cc1c[nH]c2c(F)ccc(Cl)c2c1=O. The number of hydrogen-bond acceptors (Lipinski definition) is 2. The highest BCUT2D eigenvalue weighted by atomic mass is 35.5. The fourth-order valence-electron chi connectivity index (χ4n) is 1.34. The Kier molecular flexibility index (Phi) is 2.18. The quantitative estimate of drug-likeness (QED) is 0.743. The van der Waals surface area contributed by atoms with Crippen LogP contribution in [-0.2, 0) is 0 Å². The summed E-state index contributed by atoms with van der Waals surface area (Å²) in [6.45, 7) is 0. The largest absolute Gasteiger partial charge is 0.357 e. The van der Waals surface area contributed by atoms with Crippen LogP contribution in [0.2, 0.25) is 5.02 Å². The summed E-state index contributed by atoms with van der Waals surface area (Å²) in [7, 11) is 0. The van der Waals surface area contributed by atoms with E-state index in [2.05, 4.69) is 4.98 Å². The lowest BCUT2D eigenvalue weighted by atomic mass is 10.1. The number of aromatic amines is 1. The standard InChI is InChI=1S/C10H4ClFN2O/c11-6-1-2-7(12)9-8(6)10(15)5(3-13)4-14-9/h1-2,4H,(H,14,15). The molecule has 0 radical (unpaired) electrons. The summed E-state index contributed by atoms with van der Waals surface area (Å²) in [6, 6.07) is 4.16. The number of nitrogens with one attached hydrogen (secondary N) is 1. The van der Waals surface area contributed by atoms with Gasteiger partial charge in [-0.3, -0.25) is 4.79 Å². The Morgan fingerprint density at radius 2 is 2.20 bits per heavy atom. The first-order valence-corrected chi connectivity index (χ1v) is 4.42. The number of pyridine rings is 1. The number of hydrogen-bond donors (Lipinski definition) is 1. The van der Waals surface area contributed by atoms with Gasteiger partial charge in [0.15, 0.2) is 0 Å². The van der Waals surface area contributed by atoms with Crippen LogP contribution in [0.5, 0.6) is 0 Å². The van der Waals surface area contributed by atoms with E-state index < -0.39 is 11.2 Å². The van der Waals surface area contributed by atoms with Crippen molar-refractivity contribution in [3.8, 4) is 6.07 Å². The van der Waals surface area contributed by atoms with Crippen molar-refractivity contribution < 1.29 is 4.39 Å². The van der Waals surface area contributed by atoms with E-state index in [0.29, 0.717) is 0 Å². The smallest absolute Gasteiger partial charge is 0.208 e. The molecule has 0 aliphatic heterocycles. The molecule has 0 aliphatic carbocycles. The second-order valence-electron chi connectivity index (χ2n) is 2.92. The van der Waals surface area contributed by atoms with Gasteiger partial charge >= 0.3 is 0 Å². The van der Waals surface area contributed by atoms with Crippen molar-refractivity contribution in [1.82, 2.24) is 4.98 Å². The van der Waals surface area contributed by atoms with Gasteiger partial charge in [-0.15, -0.1) is 0 Å². The predicted molar refractivity (Wildman–Crippen MR) is 54.3 cm³/mol. The van der Waals surface area contributed by atoms with E-state index >= 15 is 0 Å². The number of rotatable bonds is 0. The highest BCUT2D eigenvalue weighted by Gasteiger charge is 2.11. The van der Waals surface area contributed by atoms with Gasteiger partial charge in [-0.2, -0.15) is 5.26 Å². The zero-order chi connectivity index (χ0) is 11.0. The zero-order valence-corrected chi connectivity index (χ0v) is 8.10. The summed E-state index contributed by atoms with van der Waals surface area (Å²) in [5.41, 5.74) is -0.628. The number of benzene rings is 1. The number of H-pyrrole nitrogens is 1. The highest BCUT2D eigenvalue weighted by Crippen LogP contribution is 2.21. The number of halogens is 2. The van der Waals surface area contributed by atoms with Crippen LogP contribution in [0.25, 0.3) is 10.9 Å². The van der Waals surface area contributed by atoms with Gasteiger partial charge in [-0.05, 0) is 12.1 Å². The first kappa shape index (κ1) is 9.69. The molecule has 0 spiro atoms. The Balaban J connectivity index is 3.07. The lowest BCUT2D eigenvalue weighted by Gasteiger charge is -2.01. The minimum Gasteiger partial charge on any atom is -0.357 e. The summed E-state index contributed by atoms with van der Waals surface area (Å²) in [4.78, 5) is 14.2. The maximum Gasteiger partial charge on any atom is 0.208 e. The van der Waals surface area contributed by atoms with Crippen LogP contribution in [0.4, 0.5) is 4.39 Å². The van der Waals surface area contributed by atoms with Crippen molar-refractivity contribution in [2.45, 2.75) is 0 Å². The third kappa shape index (κ3) is 1.37. The summed E-state index contributed by atoms with van der Waals surface area (Å²) < 4.78 is 13.3. The molecule has 2 aromatic rings. The molecule has 2 rings (SSSR count). The molecule has 0 atom stereocenters. The predicted octanol–water partition coefficient (Wildman–Crippen LogP) is 2.19. The van der Waals surface area contributed by atoms with E-state index in [9.17, 15) is 9.18 Å². The highest BCUT2D eigenvalue weighted by molar-refractivity contribution is 6.35. The molecule has 0 saturated carbocycles. The van der Waals surface area contributed by atoms with E-state index in [1.807, 2.05) is 0 Å². The van der Waals surface area contributed by atoms with Gasteiger partial charge in [-0.1, -0.05) is 11.6 Å². The summed E-state index contributed by atoms with van der Waals surface area (Å²) in [5, 5.41) is 8.77. The topological polar surface area (TPSA) is 56.6 Å². The van der Waals surface area contributed by atoms with Crippen molar-refractivity contribution in [3.63, 3.8) is 0 Å². The molecule has 0 aliphatic rings. The second-order valence-corrected chi connectivity index (χ2v) is 3.33. The molecular weight excluding hydrogens is 219 g/mol. The Labute approximate surface area is 88.7 Å². The lowest BCUT2D eigenvalue weighted by molar-refractivity contribution is 0.636. The number of nitriles is 1. The van der Waals surface area contributed by atoms with Crippen LogP contribution < -0.4 is 5.43 Å². The number of nitrogens with zero attached hydrogens (tertiary/aromatic N) is 1. The van der Waals surface area contributed by atoms with Crippen molar-refractivity contribution in [2.24, 2.45) is 0 Å². The van der Waals surface area contributed by atoms with Gasteiger partial charge < -0.3 is 4.98 Å². The maximum absolute atomic E-state index is 13.3. The van der Waals surface area contributed by atoms with Gasteiger partial charge in [0.2, 0.25) is 5.43 Å². The molecule has 5 heteroatoms. The third-order valence-corrected chi connectivity index (χ3v) is 2.37. The Bertz CT molecular complexity index is 642. The molecule has 3 nitrogen and oxygen atoms in total. The van der Waals surface area contributed by atoms with Gasteiger partial charge in [0.1, 0.15) is 17.4 Å². The van der Waals surface area contributed by atoms with E-state index in [1.165, 1.54) is 12.3 Å². The third-order valence-electron chi connectivity index (χ3n) is 2.06. The molecule has 1 heterocycles. The van der Waals surface area contributed by atoms with Crippen LogP contribution in [0, 0.1) is 17.1 Å². The molecule has 74 valence electrons. The zero-order valence-electron chi connectivity index (χ0n) is 7.34. The summed E-state index contributed by atoms with van der Waals surface area (Å²) >= 11 is 5.77. The maximum atomic E-state index is 13.3. The van der Waals surface area contributed by atoms with Crippen molar-refractivity contribution >= 4 is 22.5 Å². The first-order valence-electron chi connectivity index (χ1n) is 4.04. The van der Waals surface area contributed by atoms with Gasteiger partial charge in [0.05, 0.1) is 15.9 Å². The normalized spacial score (nSPS) is 10.2. The minimum atomic E-state index is -0.573.